The van der Waals surface area contributed by atoms with Crippen LogP contribution in [0.3, 0.4) is 0 Å². The third-order valence-corrected chi connectivity index (χ3v) is 3.96. The molecule has 0 bridgehead atoms. The first-order valence-corrected chi connectivity index (χ1v) is 6.52. The molecule has 98 valence electrons. The minimum Gasteiger partial charge on any atom is -0.487 e. The maximum atomic E-state index is 13.7. The summed E-state index contributed by atoms with van der Waals surface area (Å²) >= 11 is 0. The van der Waals surface area contributed by atoms with Crippen molar-refractivity contribution in [3.63, 3.8) is 0 Å². The summed E-state index contributed by atoms with van der Waals surface area (Å²) in [6.45, 7) is 4.43. The predicted molar refractivity (Wildman–Crippen MR) is 68.4 cm³/mol. The highest BCUT2D eigenvalue weighted by atomic mass is 19.1. The van der Waals surface area contributed by atoms with Crippen molar-refractivity contribution < 1.29 is 13.9 Å². The zero-order valence-electron chi connectivity index (χ0n) is 10.9. The lowest BCUT2D eigenvalue weighted by atomic mass is 9.80. The van der Waals surface area contributed by atoms with Gasteiger partial charge in [-0.05, 0) is 43.2 Å². The molecule has 0 heterocycles. The molecule has 0 amide bonds. The summed E-state index contributed by atoms with van der Waals surface area (Å²) in [4.78, 5) is 10.9. The van der Waals surface area contributed by atoms with Crippen molar-refractivity contribution in [1.29, 1.82) is 0 Å². The summed E-state index contributed by atoms with van der Waals surface area (Å²) in [5, 5.41) is 0. The van der Waals surface area contributed by atoms with Crippen molar-refractivity contribution in [2.24, 2.45) is 11.8 Å². The van der Waals surface area contributed by atoms with Crippen molar-refractivity contribution in [2.45, 2.75) is 39.2 Å². The first-order chi connectivity index (χ1) is 8.61. The second-order valence-electron chi connectivity index (χ2n) is 5.28. The summed E-state index contributed by atoms with van der Waals surface area (Å²) in [7, 11) is 0. The Bertz CT molecular complexity index is 431. The summed E-state index contributed by atoms with van der Waals surface area (Å²) in [5.74, 6) is 0.927. The third kappa shape index (κ3) is 2.71. The quantitative estimate of drug-likeness (QED) is 0.762. The molecule has 0 saturated heterocycles. The van der Waals surface area contributed by atoms with Crippen LogP contribution >= 0.6 is 0 Å². The molecule has 18 heavy (non-hydrogen) atoms. The monoisotopic (exact) mass is 250 g/mol. The summed E-state index contributed by atoms with van der Waals surface area (Å²) in [5.41, 5.74) is 0.293. The van der Waals surface area contributed by atoms with Crippen LogP contribution in [0.1, 0.15) is 43.5 Å². The molecular weight excluding hydrogens is 231 g/mol. The molecule has 0 aliphatic heterocycles. The topological polar surface area (TPSA) is 26.3 Å². The van der Waals surface area contributed by atoms with E-state index in [1.165, 1.54) is 12.1 Å². The molecule has 1 aliphatic carbocycles. The zero-order valence-corrected chi connectivity index (χ0v) is 10.9. The molecule has 0 spiro atoms. The Balaban J connectivity index is 2.12. The van der Waals surface area contributed by atoms with Crippen molar-refractivity contribution in [2.75, 3.05) is 0 Å². The van der Waals surface area contributed by atoms with Crippen LogP contribution in [0.15, 0.2) is 18.2 Å². The number of hydrogen-bond donors (Lipinski definition) is 0. The maximum Gasteiger partial charge on any atom is 0.165 e. The highest BCUT2D eigenvalue weighted by molar-refractivity contribution is 5.79. The Morgan fingerprint density at radius 1 is 1.28 bits per heavy atom. The van der Waals surface area contributed by atoms with Gasteiger partial charge < -0.3 is 4.74 Å². The lowest BCUT2D eigenvalue weighted by molar-refractivity contribution is 0.0941. The van der Waals surface area contributed by atoms with Crippen LogP contribution in [0.25, 0.3) is 0 Å². The molecule has 1 aromatic carbocycles. The number of aldehydes is 1. The Morgan fingerprint density at radius 3 is 2.72 bits per heavy atom. The van der Waals surface area contributed by atoms with Gasteiger partial charge in [0.15, 0.2) is 17.9 Å². The molecule has 2 nitrogen and oxygen atoms in total. The van der Waals surface area contributed by atoms with Crippen molar-refractivity contribution >= 4 is 6.29 Å². The lowest BCUT2D eigenvalue weighted by Crippen LogP contribution is -2.29. The Kier molecular flexibility index (Phi) is 4.00. The average Bonchev–Trinajstić information content (AvgIpc) is 2.36. The minimum absolute atomic E-state index is 0.0202. The van der Waals surface area contributed by atoms with E-state index in [0.717, 1.165) is 19.3 Å². The van der Waals surface area contributed by atoms with Crippen LogP contribution in [-0.2, 0) is 0 Å². The number of benzene rings is 1. The van der Waals surface area contributed by atoms with E-state index in [1.807, 2.05) is 0 Å². The van der Waals surface area contributed by atoms with Crippen molar-refractivity contribution in [3.8, 4) is 5.75 Å². The molecule has 1 aromatic rings. The predicted octanol–water partition coefficient (Wildman–Crippen LogP) is 3.84. The Morgan fingerprint density at radius 2 is 2.06 bits per heavy atom. The second kappa shape index (κ2) is 5.51. The smallest absolute Gasteiger partial charge is 0.165 e. The van der Waals surface area contributed by atoms with E-state index >= 15 is 0 Å². The molecule has 1 fully saturated rings. The van der Waals surface area contributed by atoms with Crippen molar-refractivity contribution in [3.05, 3.63) is 29.6 Å². The molecule has 2 rings (SSSR count). The first kappa shape index (κ1) is 13.1. The fraction of sp³-hybridized carbons (Fsp3) is 0.533. The SMILES string of the molecule is CC1CCC(Oc2c(F)cccc2C=O)CC1C. The summed E-state index contributed by atoms with van der Waals surface area (Å²) in [6.07, 6.45) is 3.61. The Labute approximate surface area is 107 Å². The van der Waals surface area contributed by atoms with Crippen LogP contribution in [0, 0.1) is 17.7 Å². The highest BCUT2D eigenvalue weighted by Crippen LogP contribution is 2.33. The zero-order chi connectivity index (χ0) is 13.1. The van der Waals surface area contributed by atoms with Gasteiger partial charge in [0.05, 0.1) is 11.7 Å². The van der Waals surface area contributed by atoms with E-state index in [1.54, 1.807) is 6.07 Å². The number of hydrogen-bond acceptors (Lipinski definition) is 2. The standard InChI is InChI=1S/C15H19FO2/c1-10-6-7-13(8-11(10)2)18-15-12(9-17)4-3-5-14(15)16/h3-5,9-11,13H,6-8H2,1-2H3. The fourth-order valence-corrected chi connectivity index (χ4v) is 2.51. The largest absolute Gasteiger partial charge is 0.487 e. The van der Waals surface area contributed by atoms with Gasteiger partial charge in [-0.3, -0.25) is 4.79 Å². The van der Waals surface area contributed by atoms with E-state index in [2.05, 4.69) is 13.8 Å². The molecule has 0 aromatic heterocycles. The fourth-order valence-electron chi connectivity index (χ4n) is 2.51. The molecule has 0 radical (unpaired) electrons. The number of carbonyl (C=O) groups is 1. The van der Waals surface area contributed by atoms with E-state index in [9.17, 15) is 9.18 Å². The molecule has 1 saturated carbocycles. The van der Waals surface area contributed by atoms with Gasteiger partial charge in [-0.15, -0.1) is 0 Å². The van der Waals surface area contributed by atoms with Crippen LogP contribution < -0.4 is 4.74 Å². The maximum absolute atomic E-state index is 13.7. The van der Waals surface area contributed by atoms with Gasteiger partial charge in [-0.1, -0.05) is 19.9 Å². The van der Waals surface area contributed by atoms with Gasteiger partial charge in [0.1, 0.15) is 0 Å². The Hall–Kier alpha value is -1.38. The van der Waals surface area contributed by atoms with Gasteiger partial charge in [0, 0.05) is 0 Å². The van der Waals surface area contributed by atoms with E-state index < -0.39 is 5.82 Å². The number of ether oxygens (including phenoxy) is 1. The van der Waals surface area contributed by atoms with Crippen LogP contribution in [0.2, 0.25) is 0 Å². The van der Waals surface area contributed by atoms with Crippen LogP contribution in [0.5, 0.6) is 5.75 Å². The minimum atomic E-state index is -0.453. The van der Waals surface area contributed by atoms with Gasteiger partial charge in [-0.2, -0.15) is 0 Å². The van der Waals surface area contributed by atoms with Crippen LogP contribution in [-0.4, -0.2) is 12.4 Å². The van der Waals surface area contributed by atoms with Gasteiger partial charge in [-0.25, -0.2) is 4.39 Å². The van der Waals surface area contributed by atoms with E-state index in [0.29, 0.717) is 23.7 Å². The van der Waals surface area contributed by atoms with E-state index in [-0.39, 0.29) is 11.9 Å². The normalized spacial score (nSPS) is 27.8. The number of carbonyl (C=O) groups excluding carboxylic acids is 1. The highest BCUT2D eigenvalue weighted by Gasteiger charge is 2.27. The van der Waals surface area contributed by atoms with Gasteiger partial charge in [0.2, 0.25) is 0 Å². The summed E-state index contributed by atoms with van der Waals surface area (Å²) < 4.78 is 19.4. The van der Waals surface area contributed by atoms with Crippen LogP contribution in [0.4, 0.5) is 4.39 Å². The first-order valence-electron chi connectivity index (χ1n) is 6.52. The molecule has 3 heteroatoms. The van der Waals surface area contributed by atoms with Crippen molar-refractivity contribution in [1.82, 2.24) is 0 Å². The summed E-state index contributed by atoms with van der Waals surface area (Å²) in [6, 6.07) is 4.44. The molecular formula is C15H19FO2. The van der Waals surface area contributed by atoms with Gasteiger partial charge >= 0.3 is 0 Å². The molecule has 3 atom stereocenters. The lowest BCUT2D eigenvalue weighted by Gasteiger charge is -2.32. The number of halogens is 1. The molecule has 3 unspecified atom stereocenters. The van der Waals surface area contributed by atoms with E-state index in [4.69, 9.17) is 4.74 Å². The molecule has 0 N–H and O–H groups in total. The number of para-hydroxylation sites is 1. The third-order valence-electron chi connectivity index (χ3n) is 3.96. The number of rotatable bonds is 3. The second-order valence-corrected chi connectivity index (χ2v) is 5.28. The van der Waals surface area contributed by atoms with Gasteiger partial charge in [0.25, 0.3) is 0 Å². The molecule has 1 aliphatic rings. The average molecular weight is 250 g/mol.